The average molecular weight is 288 g/mol. The molecule has 3 nitrogen and oxygen atoms in total. The molecule has 1 aromatic heterocycles. The molecule has 102 valence electrons. The van der Waals surface area contributed by atoms with E-state index >= 15 is 0 Å². The smallest absolute Gasteiger partial charge is 0.188 e. The Morgan fingerprint density at radius 3 is 2.85 bits per heavy atom. The molecule has 0 fully saturated rings. The van der Waals surface area contributed by atoms with Gasteiger partial charge in [0.1, 0.15) is 11.6 Å². The second kappa shape index (κ2) is 5.09. The highest BCUT2D eigenvalue weighted by Gasteiger charge is 2.09. The molecule has 1 heterocycles. The predicted molar refractivity (Wildman–Crippen MR) is 80.6 cm³/mol. The van der Waals surface area contributed by atoms with Gasteiger partial charge in [0.05, 0.1) is 23.0 Å². The first-order valence-electron chi connectivity index (χ1n) is 6.14. The van der Waals surface area contributed by atoms with Gasteiger partial charge in [-0.2, -0.15) is 0 Å². The maximum atomic E-state index is 13.8. The van der Waals surface area contributed by atoms with E-state index in [1.807, 2.05) is 31.2 Å². The van der Waals surface area contributed by atoms with Crippen molar-refractivity contribution in [1.82, 2.24) is 4.98 Å². The highest BCUT2D eigenvalue weighted by Crippen LogP contribution is 2.32. The van der Waals surface area contributed by atoms with Gasteiger partial charge in [0.15, 0.2) is 5.13 Å². The van der Waals surface area contributed by atoms with Gasteiger partial charge in [-0.05, 0) is 36.8 Å². The number of rotatable bonds is 3. The Morgan fingerprint density at radius 1 is 1.25 bits per heavy atom. The molecular weight excluding hydrogens is 275 g/mol. The monoisotopic (exact) mass is 288 g/mol. The van der Waals surface area contributed by atoms with E-state index < -0.39 is 0 Å². The standard InChI is InChI=1S/C15H13FN2OS/c1-9-4-3-5-11(16)14(9)18-15-17-12-7-6-10(19-2)8-13(12)20-15/h3-8H,1-2H3,(H,17,18). The van der Waals surface area contributed by atoms with Crippen molar-refractivity contribution in [2.24, 2.45) is 0 Å². The molecule has 5 heteroatoms. The maximum absolute atomic E-state index is 13.8. The maximum Gasteiger partial charge on any atom is 0.188 e. The van der Waals surface area contributed by atoms with Crippen molar-refractivity contribution in [1.29, 1.82) is 0 Å². The highest BCUT2D eigenvalue weighted by molar-refractivity contribution is 7.22. The molecule has 0 unspecified atom stereocenters. The number of fused-ring (bicyclic) bond motifs is 1. The fourth-order valence-electron chi connectivity index (χ4n) is 1.98. The summed E-state index contributed by atoms with van der Waals surface area (Å²) in [6, 6.07) is 10.7. The van der Waals surface area contributed by atoms with Gasteiger partial charge in [-0.15, -0.1) is 0 Å². The van der Waals surface area contributed by atoms with Crippen molar-refractivity contribution < 1.29 is 9.13 Å². The molecule has 3 rings (SSSR count). The molecule has 2 aromatic carbocycles. The number of nitrogens with zero attached hydrogens (tertiary/aromatic N) is 1. The van der Waals surface area contributed by atoms with Crippen LogP contribution in [0.1, 0.15) is 5.56 Å². The lowest BCUT2D eigenvalue weighted by Gasteiger charge is -2.07. The van der Waals surface area contributed by atoms with E-state index in [9.17, 15) is 4.39 Å². The van der Waals surface area contributed by atoms with Crippen molar-refractivity contribution in [3.8, 4) is 5.75 Å². The van der Waals surface area contributed by atoms with Crippen LogP contribution in [0, 0.1) is 12.7 Å². The number of ether oxygens (including phenoxy) is 1. The number of nitrogens with one attached hydrogen (secondary N) is 1. The SMILES string of the molecule is COc1ccc2nc(Nc3c(C)cccc3F)sc2c1. The van der Waals surface area contributed by atoms with Gasteiger partial charge in [0.2, 0.25) is 0 Å². The molecule has 20 heavy (non-hydrogen) atoms. The van der Waals surface area contributed by atoms with Gasteiger partial charge in [-0.1, -0.05) is 23.5 Å². The summed E-state index contributed by atoms with van der Waals surface area (Å²) < 4.78 is 20.0. The minimum atomic E-state index is -0.276. The lowest BCUT2D eigenvalue weighted by molar-refractivity contribution is 0.415. The average Bonchev–Trinajstić information content (AvgIpc) is 2.84. The third kappa shape index (κ3) is 2.32. The normalized spacial score (nSPS) is 10.8. The summed E-state index contributed by atoms with van der Waals surface area (Å²) >= 11 is 1.47. The molecule has 1 N–H and O–H groups in total. The van der Waals surface area contributed by atoms with Gasteiger partial charge in [0, 0.05) is 0 Å². The molecule has 0 saturated carbocycles. The number of halogens is 1. The van der Waals surface area contributed by atoms with Gasteiger partial charge in [-0.3, -0.25) is 0 Å². The second-order valence-corrected chi connectivity index (χ2v) is 5.44. The number of aryl methyl sites for hydroxylation is 1. The lowest BCUT2D eigenvalue weighted by atomic mass is 10.2. The molecule has 0 radical (unpaired) electrons. The number of hydrogen-bond donors (Lipinski definition) is 1. The number of thiazole rings is 1. The molecule has 0 aliphatic carbocycles. The molecule has 3 aromatic rings. The number of para-hydroxylation sites is 1. The van der Waals surface area contributed by atoms with Gasteiger partial charge >= 0.3 is 0 Å². The van der Waals surface area contributed by atoms with E-state index in [2.05, 4.69) is 10.3 Å². The molecule has 0 atom stereocenters. The van der Waals surface area contributed by atoms with Crippen LogP contribution in [0.25, 0.3) is 10.2 Å². The largest absolute Gasteiger partial charge is 0.497 e. The summed E-state index contributed by atoms with van der Waals surface area (Å²) in [6.07, 6.45) is 0. The minimum Gasteiger partial charge on any atom is -0.497 e. The summed E-state index contributed by atoms with van der Waals surface area (Å²) in [5.74, 6) is 0.511. The fraction of sp³-hybridized carbons (Fsp3) is 0.133. The number of aromatic nitrogens is 1. The molecular formula is C15H13FN2OS. The van der Waals surface area contributed by atoms with Crippen LogP contribution in [-0.4, -0.2) is 12.1 Å². The zero-order valence-electron chi connectivity index (χ0n) is 11.1. The highest BCUT2D eigenvalue weighted by atomic mass is 32.1. The van der Waals surface area contributed by atoms with Crippen LogP contribution in [0.3, 0.4) is 0 Å². The first kappa shape index (κ1) is 12.9. The van der Waals surface area contributed by atoms with Crippen LogP contribution in [0.5, 0.6) is 5.75 Å². The van der Waals surface area contributed by atoms with E-state index in [1.165, 1.54) is 17.4 Å². The molecule has 0 saturated heterocycles. The zero-order chi connectivity index (χ0) is 14.1. The Labute approximate surface area is 120 Å². The molecule has 0 amide bonds. The minimum absolute atomic E-state index is 0.276. The van der Waals surface area contributed by atoms with Crippen LogP contribution in [0.2, 0.25) is 0 Å². The molecule has 0 spiro atoms. The third-order valence-electron chi connectivity index (χ3n) is 3.05. The van der Waals surface area contributed by atoms with Crippen LogP contribution in [0.4, 0.5) is 15.2 Å². The Balaban J connectivity index is 1.99. The summed E-state index contributed by atoms with van der Waals surface area (Å²) in [4.78, 5) is 4.45. The Bertz CT molecular complexity index is 749. The summed E-state index contributed by atoms with van der Waals surface area (Å²) in [7, 11) is 1.63. The molecule has 0 aliphatic heterocycles. The van der Waals surface area contributed by atoms with Crippen molar-refractivity contribution in [3.63, 3.8) is 0 Å². The topological polar surface area (TPSA) is 34.1 Å². The number of anilines is 2. The fourth-order valence-corrected chi connectivity index (χ4v) is 2.88. The van der Waals surface area contributed by atoms with E-state index in [1.54, 1.807) is 13.2 Å². The van der Waals surface area contributed by atoms with E-state index in [4.69, 9.17) is 4.74 Å². The molecule has 0 aliphatic rings. The Hall–Kier alpha value is -2.14. The van der Waals surface area contributed by atoms with E-state index in [0.717, 1.165) is 21.5 Å². The number of hydrogen-bond acceptors (Lipinski definition) is 4. The summed E-state index contributed by atoms with van der Waals surface area (Å²) in [5, 5.41) is 3.73. The van der Waals surface area contributed by atoms with Crippen LogP contribution >= 0.6 is 11.3 Å². The lowest BCUT2D eigenvalue weighted by Crippen LogP contribution is -1.95. The first-order valence-corrected chi connectivity index (χ1v) is 6.96. The van der Waals surface area contributed by atoms with Crippen LogP contribution < -0.4 is 10.1 Å². The van der Waals surface area contributed by atoms with Gasteiger partial charge in [-0.25, -0.2) is 9.37 Å². The van der Waals surface area contributed by atoms with Crippen molar-refractivity contribution in [3.05, 3.63) is 47.8 Å². The van der Waals surface area contributed by atoms with Crippen LogP contribution in [-0.2, 0) is 0 Å². The van der Waals surface area contributed by atoms with Gasteiger partial charge in [0.25, 0.3) is 0 Å². The predicted octanol–water partition coefficient (Wildman–Crippen LogP) is 4.50. The van der Waals surface area contributed by atoms with Crippen molar-refractivity contribution in [2.45, 2.75) is 6.92 Å². The third-order valence-corrected chi connectivity index (χ3v) is 3.98. The van der Waals surface area contributed by atoms with Crippen LogP contribution in [0.15, 0.2) is 36.4 Å². The summed E-state index contributed by atoms with van der Waals surface area (Å²) in [6.45, 7) is 1.86. The second-order valence-electron chi connectivity index (χ2n) is 4.41. The number of benzene rings is 2. The molecule has 0 bridgehead atoms. The first-order chi connectivity index (χ1) is 9.67. The Morgan fingerprint density at radius 2 is 2.10 bits per heavy atom. The van der Waals surface area contributed by atoms with E-state index in [0.29, 0.717) is 10.8 Å². The quantitative estimate of drug-likeness (QED) is 0.770. The van der Waals surface area contributed by atoms with Crippen molar-refractivity contribution >= 4 is 32.4 Å². The Kier molecular flexibility index (Phi) is 3.28. The van der Waals surface area contributed by atoms with E-state index in [-0.39, 0.29) is 5.82 Å². The summed E-state index contributed by atoms with van der Waals surface area (Å²) in [5.41, 5.74) is 2.19. The number of methoxy groups -OCH3 is 1. The zero-order valence-corrected chi connectivity index (χ0v) is 11.9. The van der Waals surface area contributed by atoms with Crippen molar-refractivity contribution in [2.75, 3.05) is 12.4 Å². The van der Waals surface area contributed by atoms with Gasteiger partial charge < -0.3 is 10.1 Å².